The van der Waals surface area contributed by atoms with E-state index in [1.165, 1.54) is 17.5 Å². The number of methoxy groups -OCH3 is 3. The smallest absolute Gasteiger partial charge is 0.244 e. The average Bonchev–Trinajstić information content (AvgIpc) is 3.28. The lowest BCUT2D eigenvalue weighted by molar-refractivity contribution is -0.124. The Morgan fingerprint density at radius 3 is 2.48 bits per heavy atom. The second kappa shape index (κ2) is 9.57. The molecule has 0 aromatic heterocycles. The molecule has 0 spiro atoms. The zero-order valence-electron chi connectivity index (χ0n) is 18.2. The van der Waals surface area contributed by atoms with E-state index in [0.29, 0.717) is 42.2 Å². The molecule has 2 aromatic carbocycles. The molecule has 2 aromatic rings. The number of sulfonamides is 1. The standard InChI is InChI=1S/C22H28N2O6S/c1-15-7-9-17(28-2)13-21(15)31(26,27)24-11-5-6-18(24)22(25)23-14-16-8-10-19(29-3)20(12-16)30-4/h7-10,12-13,18H,5-6,11,14H2,1-4H3,(H,23,25). The van der Waals surface area contributed by atoms with E-state index in [-0.39, 0.29) is 17.3 Å². The summed E-state index contributed by atoms with van der Waals surface area (Å²) in [6.07, 6.45) is 1.09. The predicted octanol–water partition coefficient (Wildman–Crippen LogP) is 2.49. The molecule has 1 heterocycles. The van der Waals surface area contributed by atoms with Crippen molar-refractivity contribution in [1.29, 1.82) is 0 Å². The number of benzene rings is 2. The van der Waals surface area contributed by atoms with E-state index in [0.717, 1.165) is 5.56 Å². The van der Waals surface area contributed by atoms with Crippen LogP contribution in [0.5, 0.6) is 17.2 Å². The van der Waals surface area contributed by atoms with Gasteiger partial charge < -0.3 is 19.5 Å². The van der Waals surface area contributed by atoms with Crippen molar-refractivity contribution in [2.45, 2.75) is 37.2 Å². The van der Waals surface area contributed by atoms with Crippen molar-refractivity contribution >= 4 is 15.9 Å². The third-order valence-corrected chi connectivity index (χ3v) is 7.45. The first-order chi connectivity index (χ1) is 14.8. The highest BCUT2D eigenvalue weighted by Gasteiger charge is 2.40. The van der Waals surface area contributed by atoms with E-state index >= 15 is 0 Å². The van der Waals surface area contributed by atoms with Gasteiger partial charge in [-0.25, -0.2) is 8.42 Å². The highest BCUT2D eigenvalue weighted by Crippen LogP contribution is 2.31. The number of aryl methyl sites for hydroxylation is 1. The third kappa shape index (κ3) is 4.77. The number of carbonyl (C=O) groups is 1. The molecule has 168 valence electrons. The SMILES string of the molecule is COc1ccc(C)c(S(=O)(=O)N2CCCC2C(=O)NCc2ccc(OC)c(OC)c2)c1. The summed E-state index contributed by atoms with van der Waals surface area (Å²) in [5.74, 6) is 1.29. The summed E-state index contributed by atoms with van der Waals surface area (Å²) in [5, 5.41) is 2.85. The van der Waals surface area contributed by atoms with E-state index in [9.17, 15) is 13.2 Å². The largest absolute Gasteiger partial charge is 0.497 e. The van der Waals surface area contributed by atoms with Crippen LogP contribution in [-0.4, -0.2) is 52.5 Å². The Balaban J connectivity index is 1.76. The van der Waals surface area contributed by atoms with Crippen LogP contribution in [0.2, 0.25) is 0 Å². The number of ether oxygens (including phenoxy) is 3. The fourth-order valence-electron chi connectivity index (χ4n) is 3.70. The van der Waals surface area contributed by atoms with Gasteiger partial charge in [0.2, 0.25) is 15.9 Å². The lowest BCUT2D eigenvalue weighted by atomic mass is 10.1. The third-order valence-electron chi connectivity index (χ3n) is 5.40. The van der Waals surface area contributed by atoms with Crippen molar-refractivity contribution in [2.24, 2.45) is 0 Å². The lowest BCUT2D eigenvalue weighted by Crippen LogP contribution is -2.45. The van der Waals surface area contributed by atoms with Gasteiger partial charge in [-0.3, -0.25) is 4.79 Å². The van der Waals surface area contributed by atoms with E-state index in [1.807, 2.05) is 6.07 Å². The molecule has 1 aliphatic heterocycles. The molecule has 0 bridgehead atoms. The van der Waals surface area contributed by atoms with Crippen molar-refractivity contribution in [3.05, 3.63) is 47.5 Å². The number of hydrogen-bond donors (Lipinski definition) is 1. The summed E-state index contributed by atoms with van der Waals surface area (Å²) in [6.45, 7) is 2.28. The molecule has 9 heteroatoms. The molecule has 8 nitrogen and oxygen atoms in total. The number of nitrogens with zero attached hydrogens (tertiary/aromatic N) is 1. The minimum atomic E-state index is -3.84. The highest BCUT2D eigenvalue weighted by molar-refractivity contribution is 7.89. The summed E-state index contributed by atoms with van der Waals surface area (Å²) >= 11 is 0. The van der Waals surface area contributed by atoms with E-state index in [1.54, 1.807) is 45.4 Å². The molecule has 1 aliphatic rings. The molecule has 1 N–H and O–H groups in total. The maximum Gasteiger partial charge on any atom is 0.244 e. The molecule has 1 unspecified atom stereocenters. The normalized spacial score (nSPS) is 16.7. The summed E-state index contributed by atoms with van der Waals surface area (Å²) in [7, 11) is 0.742. The van der Waals surface area contributed by atoms with Crippen LogP contribution in [0.25, 0.3) is 0 Å². The Bertz CT molecular complexity index is 1050. The molecule has 0 aliphatic carbocycles. The molecule has 1 saturated heterocycles. The molecule has 1 atom stereocenters. The van der Waals surface area contributed by atoms with Crippen molar-refractivity contribution in [2.75, 3.05) is 27.9 Å². The zero-order chi connectivity index (χ0) is 22.6. The van der Waals surface area contributed by atoms with Crippen molar-refractivity contribution in [1.82, 2.24) is 9.62 Å². The van der Waals surface area contributed by atoms with Crippen LogP contribution in [0, 0.1) is 6.92 Å². The Morgan fingerprint density at radius 1 is 1.06 bits per heavy atom. The Morgan fingerprint density at radius 2 is 1.81 bits per heavy atom. The van der Waals surface area contributed by atoms with Crippen molar-refractivity contribution in [3.63, 3.8) is 0 Å². The molecule has 31 heavy (non-hydrogen) atoms. The van der Waals surface area contributed by atoms with Crippen LogP contribution in [0.15, 0.2) is 41.3 Å². The Kier molecular flexibility index (Phi) is 7.07. The lowest BCUT2D eigenvalue weighted by Gasteiger charge is -2.24. The first-order valence-corrected chi connectivity index (χ1v) is 11.4. The van der Waals surface area contributed by atoms with Gasteiger partial charge in [0, 0.05) is 19.2 Å². The van der Waals surface area contributed by atoms with Gasteiger partial charge in [-0.15, -0.1) is 0 Å². The number of amides is 1. The minimum absolute atomic E-state index is 0.159. The quantitative estimate of drug-likeness (QED) is 0.667. The van der Waals surface area contributed by atoms with Crippen LogP contribution in [0.1, 0.15) is 24.0 Å². The summed E-state index contributed by atoms with van der Waals surface area (Å²) in [4.78, 5) is 13.1. The van der Waals surface area contributed by atoms with Gasteiger partial charge in [-0.05, 0) is 49.1 Å². The minimum Gasteiger partial charge on any atom is -0.497 e. The number of carbonyl (C=O) groups excluding carboxylic acids is 1. The van der Waals surface area contributed by atoms with E-state index in [4.69, 9.17) is 14.2 Å². The Labute approximate surface area is 183 Å². The van der Waals surface area contributed by atoms with Gasteiger partial charge in [-0.2, -0.15) is 4.31 Å². The highest BCUT2D eigenvalue weighted by atomic mass is 32.2. The summed E-state index contributed by atoms with van der Waals surface area (Å²) < 4.78 is 43.6. The van der Waals surface area contributed by atoms with Crippen LogP contribution in [-0.2, 0) is 21.4 Å². The second-order valence-corrected chi connectivity index (χ2v) is 9.17. The molecule has 0 saturated carbocycles. The summed E-state index contributed by atoms with van der Waals surface area (Å²) in [6, 6.07) is 9.53. The van der Waals surface area contributed by atoms with Gasteiger partial charge in [-0.1, -0.05) is 12.1 Å². The maximum absolute atomic E-state index is 13.3. The first-order valence-electron chi connectivity index (χ1n) is 9.97. The van der Waals surface area contributed by atoms with Gasteiger partial charge in [0.25, 0.3) is 0 Å². The maximum atomic E-state index is 13.3. The summed E-state index contributed by atoms with van der Waals surface area (Å²) in [5.41, 5.74) is 1.43. The molecular weight excluding hydrogens is 420 g/mol. The predicted molar refractivity (Wildman–Crippen MR) is 116 cm³/mol. The van der Waals surface area contributed by atoms with Crippen molar-refractivity contribution in [3.8, 4) is 17.2 Å². The van der Waals surface area contributed by atoms with Gasteiger partial charge in [0.1, 0.15) is 11.8 Å². The monoisotopic (exact) mass is 448 g/mol. The first kappa shape index (κ1) is 22.9. The van der Waals surface area contributed by atoms with Crippen LogP contribution >= 0.6 is 0 Å². The molecule has 1 fully saturated rings. The molecule has 1 amide bonds. The van der Waals surface area contributed by atoms with Crippen LogP contribution < -0.4 is 19.5 Å². The fourth-order valence-corrected chi connectivity index (χ4v) is 5.60. The second-order valence-electron chi connectivity index (χ2n) is 7.31. The van der Waals surface area contributed by atoms with Crippen molar-refractivity contribution < 1.29 is 27.4 Å². The number of rotatable bonds is 8. The molecule has 0 radical (unpaired) electrons. The van der Waals surface area contributed by atoms with E-state index in [2.05, 4.69) is 5.32 Å². The number of nitrogens with one attached hydrogen (secondary N) is 1. The van der Waals surface area contributed by atoms with Gasteiger partial charge in [0.05, 0.1) is 26.2 Å². The fraction of sp³-hybridized carbons (Fsp3) is 0.409. The van der Waals surface area contributed by atoms with Crippen LogP contribution in [0.4, 0.5) is 0 Å². The zero-order valence-corrected chi connectivity index (χ0v) is 19.0. The van der Waals surface area contributed by atoms with Crippen LogP contribution in [0.3, 0.4) is 0 Å². The van der Waals surface area contributed by atoms with Gasteiger partial charge >= 0.3 is 0 Å². The number of hydrogen-bond acceptors (Lipinski definition) is 6. The topological polar surface area (TPSA) is 94.2 Å². The average molecular weight is 449 g/mol. The Hall–Kier alpha value is -2.78. The van der Waals surface area contributed by atoms with E-state index < -0.39 is 16.1 Å². The molecular formula is C22H28N2O6S. The van der Waals surface area contributed by atoms with Gasteiger partial charge in [0.15, 0.2) is 11.5 Å². The molecule has 3 rings (SSSR count).